The molecule has 0 saturated carbocycles. The van der Waals surface area contributed by atoms with Crippen LogP contribution in [0.4, 0.5) is 0 Å². The van der Waals surface area contributed by atoms with Gasteiger partial charge in [0.1, 0.15) is 54.9 Å². The number of hydrogen-bond acceptors (Lipinski definition) is 14. The fraction of sp³-hybridized carbons (Fsp3) is 0.924. The first kappa shape index (κ1) is 74.6. The van der Waals surface area contributed by atoms with Gasteiger partial charge in [-0.3, -0.25) is 4.79 Å². The number of esters is 1. The van der Waals surface area contributed by atoms with Gasteiger partial charge < -0.3 is 64.2 Å². The minimum Gasteiger partial charge on any atom is -0.457 e. The highest BCUT2D eigenvalue weighted by molar-refractivity contribution is 5.69. The van der Waals surface area contributed by atoms with E-state index in [1.807, 2.05) is 0 Å². The molecule has 0 spiro atoms. The molecule has 2 fully saturated rings. The van der Waals surface area contributed by atoms with Crippen LogP contribution in [0.3, 0.4) is 0 Å². The lowest BCUT2D eigenvalue weighted by atomic mass is 9.98. The molecule has 7 N–H and O–H groups in total. The first-order valence-electron chi connectivity index (χ1n) is 33.4. The predicted octanol–water partition coefficient (Wildman–Crippen LogP) is 13.5. The third-order valence-corrected chi connectivity index (χ3v) is 16.2. The minimum absolute atomic E-state index is 0.0659. The molecule has 0 amide bonds. The van der Waals surface area contributed by atoms with Gasteiger partial charge in [0.15, 0.2) is 12.6 Å². The van der Waals surface area contributed by atoms with Crippen LogP contribution in [-0.4, -0.2) is 142 Å². The van der Waals surface area contributed by atoms with Gasteiger partial charge in [-0.25, -0.2) is 0 Å². The molecule has 0 aromatic rings. The molecule has 11 atom stereocenters. The van der Waals surface area contributed by atoms with Crippen molar-refractivity contribution in [3.8, 4) is 0 Å². The average Bonchev–Trinajstić information content (AvgIpc) is 3.52. The number of carbonyl (C=O) groups is 1. The highest BCUT2D eigenvalue weighted by Gasteiger charge is 2.47. The molecule has 11 unspecified atom stereocenters. The standard InChI is InChI=1S/C66H124O14/c1-3-5-7-9-11-13-15-17-19-21-23-25-27-28-30-32-34-36-38-40-42-44-46-48-50-75-52-55(53-76-65-64(74)62(72)60(70)57(80-65)54-77-66-63(73)61(71)59(69)56(51-67)79-66)78-58(68)49-47-45-43-41-39-37-35-33-31-29-26-24-22-20-18-16-14-12-10-8-6-4-2/h15,17,21,23,55-57,59-67,69-74H,3-14,16,18-20,22,24-54H2,1-2H3/b17-15-,23-21-. The molecule has 2 saturated heterocycles. The summed E-state index contributed by atoms with van der Waals surface area (Å²) in [6.45, 7) is 3.75. The van der Waals surface area contributed by atoms with Crippen molar-refractivity contribution in [3.63, 3.8) is 0 Å². The lowest BCUT2D eigenvalue weighted by Gasteiger charge is -2.42. The van der Waals surface area contributed by atoms with Crippen LogP contribution in [0.5, 0.6) is 0 Å². The summed E-state index contributed by atoms with van der Waals surface area (Å²) in [5, 5.41) is 72.5. The molecule has 2 heterocycles. The zero-order valence-corrected chi connectivity index (χ0v) is 51.1. The fourth-order valence-corrected chi connectivity index (χ4v) is 10.8. The van der Waals surface area contributed by atoms with Crippen molar-refractivity contribution in [1.29, 1.82) is 0 Å². The number of allylic oxidation sites excluding steroid dienone is 4. The van der Waals surface area contributed by atoms with E-state index in [9.17, 15) is 40.5 Å². The van der Waals surface area contributed by atoms with Gasteiger partial charge in [0.05, 0.1) is 26.4 Å². The van der Waals surface area contributed by atoms with Crippen molar-refractivity contribution in [2.75, 3.05) is 33.0 Å². The van der Waals surface area contributed by atoms with Gasteiger partial charge in [-0.1, -0.05) is 263 Å². The molecule has 14 heteroatoms. The summed E-state index contributed by atoms with van der Waals surface area (Å²) in [6, 6.07) is 0. The molecule has 0 radical (unpaired) electrons. The maximum absolute atomic E-state index is 13.1. The first-order valence-corrected chi connectivity index (χ1v) is 33.4. The van der Waals surface area contributed by atoms with Gasteiger partial charge in [0, 0.05) is 13.0 Å². The molecule has 0 aliphatic carbocycles. The number of carbonyl (C=O) groups excluding carboxylic acids is 1. The summed E-state index contributed by atoms with van der Waals surface area (Å²) in [5.74, 6) is -0.369. The number of hydrogen-bond donors (Lipinski definition) is 7. The molecule has 2 rings (SSSR count). The number of aliphatic hydroxyl groups is 7. The highest BCUT2D eigenvalue weighted by Crippen LogP contribution is 2.27. The third-order valence-electron chi connectivity index (χ3n) is 16.2. The van der Waals surface area contributed by atoms with Crippen LogP contribution in [0.25, 0.3) is 0 Å². The average molecular weight is 1140 g/mol. The molecule has 0 bridgehead atoms. The van der Waals surface area contributed by atoms with E-state index in [1.54, 1.807) is 0 Å². The Bertz CT molecular complexity index is 1420. The Morgan fingerprint density at radius 1 is 0.412 bits per heavy atom. The van der Waals surface area contributed by atoms with Crippen LogP contribution < -0.4 is 0 Å². The van der Waals surface area contributed by atoms with E-state index >= 15 is 0 Å². The minimum atomic E-state index is -1.71. The van der Waals surface area contributed by atoms with Crippen LogP contribution in [0.2, 0.25) is 0 Å². The van der Waals surface area contributed by atoms with Crippen molar-refractivity contribution in [2.45, 2.75) is 357 Å². The highest BCUT2D eigenvalue weighted by atomic mass is 16.7. The second-order valence-electron chi connectivity index (χ2n) is 23.7. The molecule has 0 aromatic carbocycles. The van der Waals surface area contributed by atoms with Crippen LogP contribution in [0.1, 0.15) is 290 Å². The van der Waals surface area contributed by atoms with Gasteiger partial charge in [0.25, 0.3) is 0 Å². The summed E-state index contributed by atoms with van der Waals surface area (Å²) in [7, 11) is 0. The second kappa shape index (κ2) is 53.0. The Kier molecular flexibility index (Phi) is 49.4. The molecule has 14 nitrogen and oxygen atoms in total. The maximum Gasteiger partial charge on any atom is 0.306 e. The van der Waals surface area contributed by atoms with E-state index in [-0.39, 0.29) is 25.6 Å². The number of rotatable bonds is 56. The van der Waals surface area contributed by atoms with Crippen LogP contribution in [-0.2, 0) is 33.2 Å². The SMILES string of the molecule is CCCCCCC/C=C\C/C=C\CCCCCCCCCCCCCCOCC(COC1OC(COC2OC(CO)C(O)C(O)C2O)C(O)C(O)C1O)OC(=O)CCCCCCCCCCCCCCCCCCCCCCCC. The van der Waals surface area contributed by atoms with E-state index in [0.717, 1.165) is 44.9 Å². The Morgan fingerprint density at radius 3 is 1.20 bits per heavy atom. The van der Waals surface area contributed by atoms with Crippen LogP contribution >= 0.6 is 0 Å². The number of aliphatic hydroxyl groups excluding tert-OH is 7. The van der Waals surface area contributed by atoms with Crippen LogP contribution in [0, 0.1) is 0 Å². The lowest BCUT2D eigenvalue weighted by Crippen LogP contribution is -2.61. The molecule has 472 valence electrons. The molecule has 2 aliphatic heterocycles. The summed E-state index contributed by atoms with van der Waals surface area (Å²) in [6.07, 6.45) is 46.7. The van der Waals surface area contributed by atoms with Crippen LogP contribution in [0.15, 0.2) is 24.3 Å². The Hall–Kier alpha value is -1.53. The largest absolute Gasteiger partial charge is 0.457 e. The first-order chi connectivity index (χ1) is 39.1. The summed E-state index contributed by atoms with van der Waals surface area (Å²) < 4.78 is 34.5. The van der Waals surface area contributed by atoms with Gasteiger partial charge in [-0.15, -0.1) is 0 Å². The maximum atomic E-state index is 13.1. The van der Waals surface area contributed by atoms with Gasteiger partial charge in [-0.05, 0) is 44.9 Å². The van der Waals surface area contributed by atoms with Gasteiger partial charge in [-0.2, -0.15) is 0 Å². The van der Waals surface area contributed by atoms with Crippen molar-refractivity contribution in [2.24, 2.45) is 0 Å². The zero-order valence-electron chi connectivity index (χ0n) is 51.1. The lowest BCUT2D eigenvalue weighted by molar-refractivity contribution is -0.332. The predicted molar refractivity (Wildman–Crippen MR) is 321 cm³/mol. The molecule has 0 aromatic heterocycles. The zero-order chi connectivity index (χ0) is 57.9. The number of ether oxygens (including phenoxy) is 6. The van der Waals surface area contributed by atoms with Crippen molar-refractivity contribution < 1.29 is 69.0 Å². The Morgan fingerprint density at radius 2 is 0.775 bits per heavy atom. The van der Waals surface area contributed by atoms with Gasteiger partial charge in [0.2, 0.25) is 0 Å². The number of unbranched alkanes of at least 4 members (excludes halogenated alkanes) is 38. The van der Waals surface area contributed by atoms with E-state index in [1.165, 1.54) is 218 Å². The molecule has 80 heavy (non-hydrogen) atoms. The Labute approximate surface area is 487 Å². The quantitative estimate of drug-likeness (QED) is 0.0171. The van der Waals surface area contributed by atoms with E-state index < -0.39 is 80.7 Å². The summed E-state index contributed by atoms with van der Waals surface area (Å²) in [4.78, 5) is 13.1. The molecule has 2 aliphatic rings. The summed E-state index contributed by atoms with van der Waals surface area (Å²) in [5.41, 5.74) is 0. The van der Waals surface area contributed by atoms with Crippen molar-refractivity contribution in [3.05, 3.63) is 24.3 Å². The van der Waals surface area contributed by atoms with E-state index in [0.29, 0.717) is 13.0 Å². The molecular weight excluding hydrogens is 1020 g/mol. The second-order valence-corrected chi connectivity index (χ2v) is 23.7. The monoisotopic (exact) mass is 1140 g/mol. The van der Waals surface area contributed by atoms with Crippen molar-refractivity contribution in [1.82, 2.24) is 0 Å². The van der Waals surface area contributed by atoms with E-state index in [2.05, 4.69) is 38.2 Å². The van der Waals surface area contributed by atoms with Crippen molar-refractivity contribution >= 4 is 5.97 Å². The topological polar surface area (TPSA) is 214 Å². The smallest absolute Gasteiger partial charge is 0.306 e. The van der Waals surface area contributed by atoms with E-state index in [4.69, 9.17) is 28.4 Å². The van der Waals surface area contributed by atoms with Gasteiger partial charge >= 0.3 is 5.97 Å². The fourth-order valence-electron chi connectivity index (χ4n) is 10.8. The normalized spacial score (nSPS) is 23.9. The summed E-state index contributed by atoms with van der Waals surface area (Å²) >= 11 is 0. The molecular formula is C66H124O14. The Balaban J connectivity index is 1.65. The third kappa shape index (κ3) is 38.4.